The van der Waals surface area contributed by atoms with Crippen LogP contribution in [-0.2, 0) is 14.3 Å². The van der Waals surface area contributed by atoms with Gasteiger partial charge in [0.2, 0.25) is 5.91 Å². The fraction of sp³-hybridized carbons (Fsp3) is 0.357. The SMILES string of the molecule is COC(=O)c1ccc2c(c1)N(C(=O)CCl)CC(C(C)=O)O2. The summed E-state index contributed by atoms with van der Waals surface area (Å²) in [6, 6.07) is 4.53. The van der Waals surface area contributed by atoms with Crippen LogP contribution in [0.15, 0.2) is 18.2 Å². The number of benzene rings is 1. The normalized spacial score (nSPS) is 16.7. The van der Waals surface area contributed by atoms with Crippen molar-refractivity contribution in [2.45, 2.75) is 13.0 Å². The van der Waals surface area contributed by atoms with E-state index in [0.717, 1.165) is 0 Å². The van der Waals surface area contributed by atoms with Gasteiger partial charge in [0, 0.05) is 0 Å². The first-order valence-corrected chi connectivity index (χ1v) is 6.77. The molecule has 1 aromatic carbocycles. The molecule has 1 heterocycles. The van der Waals surface area contributed by atoms with Gasteiger partial charge in [-0.25, -0.2) is 4.79 Å². The Morgan fingerprint density at radius 3 is 2.71 bits per heavy atom. The number of rotatable bonds is 3. The monoisotopic (exact) mass is 311 g/mol. The molecule has 1 aliphatic heterocycles. The Labute approximate surface area is 126 Å². The number of Topliss-reactive ketones (excluding diaryl/α,β-unsaturated/α-hetero) is 1. The first-order chi connectivity index (χ1) is 9.97. The lowest BCUT2D eigenvalue weighted by Gasteiger charge is -2.33. The molecule has 6 nitrogen and oxygen atoms in total. The summed E-state index contributed by atoms with van der Waals surface area (Å²) >= 11 is 5.60. The molecule has 0 radical (unpaired) electrons. The minimum atomic E-state index is -0.742. The van der Waals surface area contributed by atoms with Crippen molar-refractivity contribution in [1.82, 2.24) is 0 Å². The van der Waals surface area contributed by atoms with E-state index < -0.39 is 12.1 Å². The molecule has 7 heteroatoms. The van der Waals surface area contributed by atoms with Crippen LogP contribution in [0, 0.1) is 0 Å². The summed E-state index contributed by atoms with van der Waals surface area (Å²) in [5, 5.41) is 0. The average molecular weight is 312 g/mol. The number of alkyl halides is 1. The third kappa shape index (κ3) is 3.00. The lowest BCUT2D eigenvalue weighted by molar-refractivity contribution is -0.124. The minimum absolute atomic E-state index is 0.0680. The molecule has 21 heavy (non-hydrogen) atoms. The number of anilines is 1. The Hall–Kier alpha value is -2.08. The van der Waals surface area contributed by atoms with Crippen LogP contribution in [0.3, 0.4) is 0 Å². The van der Waals surface area contributed by atoms with E-state index in [1.807, 2.05) is 0 Å². The van der Waals surface area contributed by atoms with Crippen LogP contribution in [0.4, 0.5) is 5.69 Å². The van der Waals surface area contributed by atoms with Gasteiger partial charge < -0.3 is 14.4 Å². The second-order valence-corrected chi connectivity index (χ2v) is 4.80. The maximum Gasteiger partial charge on any atom is 0.337 e. The Balaban J connectivity index is 2.46. The number of methoxy groups -OCH3 is 1. The van der Waals surface area contributed by atoms with Crippen LogP contribution < -0.4 is 9.64 Å². The molecule has 0 saturated heterocycles. The van der Waals surface area contributed by atoms with Gasteiger partial charge in [-0.3, -0.25) is 9.59 Å². The van der Waals surface area contributed by atoms with E-state index in [9.17, 15) is 14.4 Å². The molecule has 1 aliphatic rings. The molecule has 0 spiro atoms. The number of ketones is 1. The highest BCUT2D eigenvalue weighted by Gasteiger charge is 2.32. The summed E-state index contributed by atoms with van der Waals surface area (Å²) in [5.41, 5.74) is 0.689. The Bertz CT molecular complexity index is 601. The zero-order valence-corrected chi connectivity index (χ0v) is 12.3. The number of ether oxygens (including phenoxy) is 2. The lowest BCUT2D eigenvalue weighted by atomic mass is 10.1. The highest BCUT2D eigenvalue weighted by atomic mass is 35.5. The molecule has 1 atom stereocenters. The highest BCUT2D eigenvalue weighted by molar-refractivity contribution is 6.29. The fourth-order valence-electron chi connectivity index (χ4n) is 2.05. The van der Waals surface area contributed by atoms with Crippen molar-refractivity contribution in [3.63, 3.8) is 0 Å². The number of nitrogens with zero attached hydrogens (tertiary/aromatic N) is 1. The van der Waals surface area contributed by atoms with E-state index in [0.29, 0.717) is 11.4 Å². The molecule has 0 aromatic heterocycles. The second-order valence-electron chi connectivity index (χ2n) is 4.53. The van der Waals surface area contributed by atoms with Crippen molar-refractivity contribution < 1.29 is 23.9 Å². The molecule has 112 valence electrons. The minimum Gasteiger partial charge on any atom is -0.479 e. The van der Waals surface area contributed by atoms with Crippen LogP contribution in [0.25, 0.3) is 0 Å². The molecule has 0 aliphatic carbocycles. The molecule has 0 saturated carbocycles. The first-order valence-electron chi connectivity index (χ1n) is 6.23. The number of fused-ring (bicyclic) bond motifs is 1. The van der Waals surface area contributed by atoms with Crippen molar-refractivity contribution in [3.8, 4) is 5.75 Å². The van der Waals surface area contributed by atoms with Crippen LogP contribution in [0.2, 0.25) is 0 Å². The van der Waals surface area contributed by atoms with Crippen LogP contribution in [0.5, 0.6) is 5.75 Å². The lowest BCUT2D eigenvalue weighted by Crippen LogP contribution is -2.47. The van der Waals surface area contributed by atoms with Gasteiger partial charge in [-0.2, -0.15) is 0 Å². The highest BCUT2D eigenvalue weighted by Crippen LogP contribution is 2.35. The summed E-state index contributed by atoms with van der Waals surface area (Å²) in [6.07, 6.45) is -0.742. The summed E-state index contributed by atoms with van der Waals surface area (Å²) in [7, 11) is 1.27. The number of esters is 1. The van der Waals surface area contributed by atoms with Gasteiger partial charge in [-0.1, -0.05) is 0 Å². The molecule has 1 aromatic rings. The van der Waals surface area contributed by atoms with Crippen molar-refractivity contribution in [2.75, 3.05) is 24.4 Å². The molecular weight excluding hydrogens is 298 g/mol. The Kier molecular flexibility index (Phi) is 4.47. The predicted molar refractivity (Wildman–Crippen MR) is 76.0 cm³/mol. The number of hydrogen-bond acceptors (Lipinski definition) is 5. The smallest absolute Gasteiger partial charge is 0.337 e. The Morgan fingerprint density at radius 1 is 1.43 bits per heavy atom. The van der Waals surface area contributed by atoms with Gasteiger partial charge in [0.25, 0.3) is 0 Å². The van der Waals surface area contributed by atoms with Gasteiger partial charge in [0.1, 0.15) is 11.6 Å². The topological polar surface area (TPSA) is 72.9 Å². The number of halogens is 1. The number of hydrogen-bond donors (Lipinski definition) is 0. The van der Waals surface area contributed by atoms with Gasteiger partial charge in [0.15, 0.2) is 11.9 Å². The van der Waals surface area contributed by atoms with Gasteiger partial charge >= 0.3 is 5.97 Å². The maximum absolute atomic E-state index is 12.0. The van der Waals surface area contributed by atoms with E-state index in [1.165, 1.54) is 37.1 Å². The van der Waals surface area contributed by atoms with Gasteiger partial charge in [0.05, 0.1) is 24.9 Å². The number of carbonyl (C=O) groups excluding carboxylic acids is 3. The average Bonchev–Trinajstić information content (AvgIpc) is 2.51. The van der Waals surface area contributed by atoms with E-state index in [2.05, 4.69) is 4.74 Å². The van der Waals surface area contributed by atoms with Crippen LogP contribution in [-0.4, -0.2) is 43.3 Å². The van der Waals surface area contributed by atoms with E-state index in [4.69, 9.17) is 16.3 Å². The molecule has 1 unspecified atom stereocenters. The number of amides is 1. The standard InChI is InChI=1S/C14H14ClNO5/c1-8(17)12-7-16(13(18)6-15)10-5-9(14(19)20-2)3-4-11(10)21-12/h3-5,12H,6-7H2,1-2H3. The molecular formula is C14H14ClNO5. The molecule has 1 amide bonds. The first kappa shape index (κ1) is 15.3. The van der Waals surface area contributed by atoms with Crippen molar-refractivity contribution in [1.29, 1.82) is 0 Å². The third-order valence-corrected chi connectivity index (χ3v) is 3.39. The van der Waals surface area contributed by atoms with E-state index in [1.54, 1.807) is 0 Å². The van der Waals surface area contributed by atoms with E-state index >= 15 is 0 Å². The van der Waals surface area contributed by atoms with Crippen molar-refractivity contribution in [3.05, 3.63) is 23.8 Å². The molecule has 2 rings (SSSR count). The van der Waals surface area contributed by atoms with Crippen molar-refractivity contribution >= 4 is 34.9 Å². The largest absolute Gasteiger partial charge is 0.479 e. The maximum atomic E-state index is 12.0. The summed E-state index contributed by atoms with van der Waals surface area (Å²) in [5.74, 6) is -0.955. The second kappa shape index (κ2) is 6.13. The summed E-state index contributed by atoms with van der Waals surface area (Å²) < 4.78 is 10.2. The third-order valence-electron chi connectivity index (χ3n) is 3.16. The Morgan fingerprint density at radius 2 is 2.14 bits per heavy atom. The molecule has 0 N–H and O–H groups in total. The van der Waals surface area contributed by atoms with Gasteiger partial charge in [-0.05, 0) is 25.1 Å². The molecule has 0 bridgehead atoms. The van der Waals surface area contributed by atoms with Crippen LogP contribution in [0.1, 0.15) is 17.3 Å². The summed E-state index contributed by atoms with van der Waals surface area (Å²) in [4.78, 5) is 36.4. The zero-order chi connectivity index (χ0) is 15.6. The van der Waals surface area contributed by atoms with Crippen LogP contribution >= 0.6 is 11.6 Å². The van der Waals surface area contributed by atoms with E-state index in [-0.39, 0.29) is 29.7 Å². The van der Waals surface area contributed by atoms with Gasteiger partial charge in [-0.15, -0.1) is 11.6 Å². The predicted octanol–water partition coefficient (Wildman–Crippen LogP) is 1.39. The fourth-order valence-corrected chi connectivity index (χ4v) is 2.19. The molecule has 0 fully saturated rings. The quantitative estimate of drug-likeness (QED) is 0.623. The summed E-state index contributed by atoms with van der Waals surface area (Å²) in [6.45, 7) is 1.46. The van der Waals surface area contributed by atoms with Crippen molar-refractivity contribution in [2.24, 2.45) is 0 Å². The number of carbonyl (C=O) groups is 3. The zero-order valence-electron chi connectivity index (χ0n) is 11.6.